The highest BCUT2D eigenvalue weighted by Gasteiger charge is 2.14. The maximum Gasteiger partial charge on any atom is 0.339 e. The van der Waals surface area contributed by atoms with Gasteiger partial charge in [0.1, 0.15) is 0 Å². The van der Waals surface area contributed by atoms with E-state index in [0.29, 0.717) is 22.6 Å². The lowest BCUT2D eigenvalue weighted by Gasteiger charge is -2.09. The van der Waals surface area contributed by atoms with Gasteiger partial charge in [-0.05, 0) is 29.6 Å². The first kappa shape index (κ1) is 15.1. The van der Waals surface area contributed by atoms with Crippen LogP contribution in [0.15, 0.2) is 35.0 Å². The Kier molecular flexibility index (Phi) is 4.94. The molecule has 6 heteroatoms. The van der Waals surface area contributed by atoms with Crippen LogP contribution in [-0.4, -0.2) is 32.6 Å². The smallest absolute Gasteiger partial charge is 0.339 e. The van der Waals surface area contributed by atoms with Crippen molar-refractivity contribution in [1.29, 1.82) is 0 Å². The molecule has 0 unspecified atom stereocenters. The van der Waals surface area contributed by atoms with Crippen molar-refractivity contribution in [3.05, 3.63) is 46.2 Å². The summed E-state index contributed by atoms with van der Waals surface area (Å²) in [6.45, 7) is -0.315. The monoisotopic (exact) mass is 306 g/mol. The summed E-state index contributed by atoms with van der Waals surface area (Å²) in [5.74, 6) is 0.168. The van der Waals surface area contributed by atoms with Crippen LogP contribution in [0.3, 0.4) is 0 Å². The molecular formula is C15H14O5S. The van der Waals surface area contributed by atoms with Crippen molar-refractivity contribution in [3.63, 3.8) is 0 Å². The lowest BCUT2D eigenvalue weighted by molar-refractivity contribution is 0.0475. The molecule has 0 radical (unpaired) electrons. The number of carbonyl (C=O) groups is 2. The maximum absolute atomic E-state index is 12.0. The molecule has 0 saturated heterocycles. The summed E-state index contributed by atoms with van der Waals surface area (Å²) in [5.41, 5.74) is 0.839. The fourth-order valence-electron chi connectivity index (χ4n) is 1.69. The Morgan fingerprint density at radius 1 is 1.05 bits per heavy atom. The maximum atomic E-state index is 12.0. The molecule has 1 heterocycles. The van der Waals surface area contributed by atoms with Gasteiger partial charge in [0.2, 0.25) is 0 Å². The van der Waals surface area contributed by atoms with Crippen LogP contribution in [0.5, 0.6) is 11.5 Å². The minimum absolute atomic E-state index is 0.306. The SMILES string of the molecule is COc1ccc(C(=O)COC(=O)c2ccsc2)cc1OC. The molecule has 0 fully saturated rings. The van der Waals surface area contributed by atoms with E-state index in [2.05, 4.69) is 0 Å². The van der Waals surface area contributed by atoms with Gasteiger partial charge >= 0.3 is 5.97 Å². The second-order valence-electron chi connectivity index (χ2n) is 4.08. The van der Waals surface area contributed by atoms with Gasteiger partial charge in [-0.2, -0.15) is 11.3 Å². The zero-order valence-corrected chi connectivity index (χ0v) is 12.4. The molecule has 0 N–H and O–H groups in total. The van der Waals surface area contributed by atoms with Crippen molar-refractivity contribution in [2.24, 2.45) is 0 Å². The largest absolute Gasteiger partial charge is 0.493 e. The number of ketones is 1. The van der Waals surface area contributed by atoms with E-state index in [0.717, 1.165) is 0 Å². The molecule has 0 amide bonds. The molecule has 21 heavy (non-hydrogen) atoms. The lowest BCUT2D eigenvalue weighted by atomic mass is 10.1. The van der Waals surface area contributed by atoms with Crippen LogP contribution in [0.1, 0.15) is 20.7 Å². The van der Waals surface area contributed by atoms with Crippen molar-refractivity contribution < 1.29 is 23.8 Å². The normalized spacial score (nSPS) is 10.0. The average Bonchev–Trinajstić information content (AvgIpc) is 3.06. The predicted octanol–water partition coefficient (Wildman–Crippen LogP) is 2.81. The Morgan fingerprint density at radius 3 is 2.43 bits per heavy atom. The summed E-state index contributed by atoms with van der Waals surface area (Å²) in [5, 5.41) is 3.44. The number of carbonyl (C=O) groups excluding carboxylic acids is 2. The van der Waals surface area contributed by atoms with E-state index in [1.807, 2.05) is 0 Å². The standard InChI is InChI=1S/C15H14O5S/c1-18-13-4-3-10(7-14(13)19-2)12(16)8-20-15(17)11-5-6-21-9-11/h3-7,9H,8H2,1-2H3. The fraction of sp³-hybridized carbons (Fsp3) is 0.200. The fourth-order valence-corrected chi connectivity index (χ4v) is 2.31. The zero-order chi connectivity index (χ0) is 15.2. The number of esters is 1. The van der Waals surface area contributed by atoms with E-state index in [-0.39, 0.29) is 12.4 Å². The molecule has 2 rings (SSSR count). The summed E-state index contributed by atoms with van der Waals surface area (Å²) < 4.78 is 15.2. The van der Waals surface area contributed by atoms with E-state index in [4.69, 9.17) is 14.2 Å². The number of Topliss-reactive ketones (excluding diaryl/α,β-unsaturated/α-hetero) is 1. The van der Waals surface area contributed by atoms with Gasteiger partial charge in [-0.3, -0.25) is 4.79 Å². The van der Waals surface area contributed by atoms with Gasteiger partial charge in [-0.1, -0.05) is 0 Å². The Hall–Kier alpha value is -2.34. The number of methoxy groups -OCH3 is 2. The van der Waals surface area contributed by atoms with Crippen LogP contribution in [0.25, 0.3) is 0 Å². The van der Waals surface area contributed by atoms with Gasteiger partial charge in [0, 0.05) is 10.9 Å². The van der Waals surface area contributed by atoms with E-state index >= 15 is 0 Å². The van der Waals surface area contributed by atoms with Gasteiger partial charge in [0.25, 0.3) is 0 Å². The second-order valence-corrected chi connectivity index (χ2v) is 4.86. The summed E-state index contributed by atoms with van der Waals surface area (Å²) >= 11 is 1.39. The molecule has 0 aliphatic heterocycles. The first-order valence-electron chi connectivity index (χ1n) is 6.10. The number of thiophene rings is 1. The van der Waals surface area contributed by atoms with Crippen molar-refractivity contribution >= 4 is 23.1 Å². The van der Waals surface area contributed by atoms with Crippen LogP contribution in [0.2, 0.25) is 0 Å². The minimum atomic E-state index is -0.509. The van der Waals surface area contributed by atoms with Crippen LogP contribution in [0, 0.1) is 0 Å². The van der Waals surface area contributed by atoms with Crippen LogP contribution in [0.4, 0.5) is 0 Å². The van der Waals surface area contributed by atoms with Crippen molar-refractivity contribution in [3.8, 4) is 11.5 Å². The molecular weight excluding hydrogens is 292 g/mol. The third kappa shape index (κ3) is 3.61. The van der Waals surface area contributed by atoms with E-state index in [1.54, 1.807) is 35.0 Å². The number of ether oxygens (including phenoxy) is 3. The highest BCUT2D eigenvalue weighted by molar-refractivity contribution is 7.08. The highest BCUT2D eigenvalue weighted by Crippen LogP contribution is 2.27. The molecule has 2 aromatic rings. The molecule has 0 saturated carbocycles. The van der Waals surface area contributed by atoms with E-state index < -0.39 is 5.97 Å². The molecule has 1 aromatic heterocycles. The summed E-state index contributed by atoms with van der Waals surface area (Å²) in [6, 6.07) is 6.43. The predicted molar refractivity (Wildman–Crippen MR) is 78.5 cm³/mol. The quantitative estimate of drug-likeness (QED) is 0.606. The van der Waals surface area contributed by atoms with Gasteiger partial charge in [0.05, 0.1) is 19.8 Å². The lowest BCUT2D eigenvalue weighted by Crippen LogP contribution is -2.14. The Bertz CT molecular complexity index is 634. The van der Waals surface area contributed by atoms with Crippen molar-refractivity contribution in [2.45, 2.75) is 0 Å². The molecule has 110 valence electrons. The summed E-state index contributed by atoms with van der Waals surface area (Å²) in [6.07, 6.45) is 0. The van der Waals surface area contributed by atoms with Gasteiger partial charge in [-0.25, -0.2) is 4.79 Å². The summed E-state index contributed by atoms with van der Waals surface area (Å²) in [7, 11) is 3.00. The molecule has 0 bridgehead atoms. The number of rotatable bonds is 6. The summed E-state index contributed by atoms with van der Waals surface area (Å²) in [4.78, 5) is 23.7. The van der Waals surface area contributed by atoms with Crippen LogP contribution in [-0.2, 0) is 4.74 Å². The topological polar surface area (TPSA) is 61.8 Å². The molecule has 0 aliphatic carbocycles. The number of benzene rings is 1. The first-order valence-corrected chi connectivity index (χ1v) is 7.04. The van der Waals surface area contributed by atoms with Gasteiger partial charge in [-0.15, -0.1) is 0 Å². The minimum Gasteiger partial charge on any atom is -0.493 e. The van der Waals surface area contributed by atoms with E-state index in [1.165, 1.54) is 25.6 Å². The van der Waals surface area contributed by atoms with Crippen molar-refractivity contribution in [1.82, 2.24) is 0 Å². The molecule has 0 spiro atoms. The molecule has 0 aliphatic rings. The van der Waals surface area contributed by atoms with Crippen LogP contribution >= 0.6 is 11.3 Å². The zero-order valence-electron chi connectivity index (χ0n) is 11.6. The first-order chi connectivity index (χ1) is 10.2. The van der Waals surface area contributed by atoms with E-state index in [9.17, 15) is 9.59 Å². The molecule has 1 aromatic carbocycles. The Balaban J connectivity index is 2.02. The number of hydrogen-bond donors (Lipinski definition) is 0. The average molecular weight is 306 g/mol. The third-order valence-electron chi connectivity index (χ3n) is 2.80. The third-order valence-corrected chi connectivity index (χ3v) is 3.48. The molecule has 5 nitrogen and oxygen atoms in total. The Labute approximate surface area is 126 Å². The van der Waals surface area contributed by atoms with Gasteiger partial charge in [0.15, 0.2) is 23.9 Å². The highest BCUT2D eigenvalue weighted by atomic mass is 32.1. The molecule has 0 atom stereocenters. The second kappa shape index (κ2) is 6.90. The number of hydrogen-bond acceptors (Lipinski definition) is 6. The Morgan fingerprint density at radius 2 is 1.81 bits per heavy atom. The van der Waals surface area contributed by atoms with Crippen molar-refractivity contribution in [2.75, 3.05) is 20.8 Å². The van der Waals surface area contributed by atoms with Crippen LogP contribution < -0.4 is 9.47 Å². The van der Waals surface area contributed by atoms with Gasteiger partial charge < -0.3 is 14.2 Å².